The molecule has 0 fully saturated rings. The molecule has 0 aromatic heterocycles. The molecule has 0 heterocycles. The van der Waals surface area contributed by atoms with Crippen LogP contribution in [0.15, 0.2) is 29.2 Å². The van der Waals surface area contributed by atoms with E-state index in [-0.39, 0.29) is 0 Å². The summed E-state index contributed by atoms with van der Waals surface area (Å²) in [6, 6.07) is 10.9. The standard InChI is InChI=1S/C14H19NS/c1-4-16-13-7-5-6-12(10-13)14(8-9-15)11(2)3/h5-7,10-11,14H,4,8H2,1-3H3. The summed E-state index contributed by atoms with van der Waals surface area (Å²) in [6.45, 7) is 6.52. The smallest absolute Gasteiger partial charge is 0.0628 e. The number of rotatable bonds is 5. The fourth-order valence-corrected chi connectivity index (χ4v) is 2.57. The van der Waals surface area contributed by atoms with E-state index in [1.165, 1.54) is 10.5 Å². The van der Waals surface area contributed by atoms with Gasteiger partial charge in [-0.25, -0.2) is 0 Å². The van der Waals surface area contributed by atoms with Crippen molar-refractivity contribution in [2.24, 2.45) is 5.92 Å². The molecule has 0 spiro atoms. The highest BCUT2D eigenvalue weighted by Gasteiger charge is 2.15. The molecule has 1 atom stereocenters. The van der Waals surface area contributed by atoms with Crippen LogP contribution in [0.3, 0.4) is 0 Å². The van der Waals surface area contributed by atoms with Gasteiger partial charge in [0.15, 0.2) is 0 Å². The third-order valence-electron chi connectivity index (χ3n) is 2.71. The molecule has 0 saturated heterocycles. The fraction of sp³-hybridized carbons (Fsp3) is 0.500. The van der Waals surface area contributed by atoms with Gasteiger partial charge in [0.2, 0.25) is 0 Å². The maximum atomic E-state index is 8.86. The van der Waals surface area contributed by atoms with Crippen LogP contribution < -0.4 is 0 Å². The molecule has 1 aromatic rings. The van der Waals surface area contributed by atoms with Crippen molar-refractivity contribution < 1.29 is 0 Å². The van der Waals surface area contributed by atoms with Crippen LogP contribution in [0.1, 0.15) is 38.7 Å². The third kappa shape index (κ3) is 3.57. The molecule has 0 aliphatic rings. The maximum Gasteiger partial charge on any atom is 0.0628 e. The van der Waals surface area contributed by atoms with Crippen LogP contribution in [-0.2, 0) is 0 Å². The van der Waals surface area contributed by atoms with Gasteiger partial charge in [-0.05, 0) is 35.3 Å². The Labute approximate surface area is 103 Å². The number of nitrogens with zero attached hydrogens (tertiary/aromatic N) is 1. The molecule has 0 bridgehead atoms. The first-order valence-corrected chi connectivity index (χ1v) is 6.77. The van der Waals surface area contributed by atoms with E-state index in [2.05, 4.69) is 51.1 Å². The number of hydrogen-bond donors (Lipinski definition) is 0. The second kappa shape index (κ2) is 6.60. The van der Waals surface area contributed by atoms with Crippen LogP contribution >= 0.6 is 11.8 Å². The molecule has 16 heavy (non-hydrogen) atoms. The topological polar surface area (TPSA) is 23.8 Å². The van der Waals surface area contributed by atoms with E-state index in [1.54, 1.807) is 0 Å². The molecule has 1 nitrogen and oxygen atoms in total. The van der Waals surface area contributed by atoms with E-state index in [4.69, 9.17) is 5.26 Å². The van der Waals surface area contributed by atoms with Gasteiger partial charge in [0, 0.05) is 11.3 Å². The Morgan fingerprint density at radius 1 is 1.38 bits per heavy atom. The first-order chi connectivity index (χ1) is 7.69. The Morgan fingerprint density at radius 2 is 2.12 bits per heavy atom. The summed E-state index contributed by atoms with van der Waals surface area (Å²) in [5, 5.41) is 8.86. The van der Waals surface area contributed by atoms with Crippen molar-refractivity contribution in [1.82, 2.24) is 0 Å². The molecule has 0 saturated carbocycles. The van der Waals surface area contributed by atoms with Gasteiger partial charge < -0.3 is 0 Å². The Hall–Kier alpha value is -0.940. The summed E-state index contributed by atoms with van der Waals surface area (Å²) in [4.78, 5) is 1.31. The lowest BCUT2D eigenvalue weighted by atomic mass is 9.86. The van der Waals surface area contributed by atoms with Gasteiger partial charge in [-0.1, -0.05) is 32.9 Å². The first-order valence-electron chi connectivity index (χ1n) is 5.78. The van der Waals surface area contributed by atoms with Crippen LogP contribution in [-0.4, -0.2) is 5.75 Å². The molecular formula is C14H19NS. The Balaban J connectivity index is 2.91. The van der Waals surface area contributed by atoms with Crippen molar-refractivity contribution in [3.8, 4) is 6.07 Å². The van der Waals surface area contributed by atoms with E-state index in [0.29, 0.717) is 18.3 Å². The van der Waals surface area contributed by atoms with Gasteiger partial charge in [0.05, 0.1) is 6.07 Å². The highest BCUT2D eigenvalue weighted by molar-refractivity contribution is 7.99. The molecule has 86 valence electrons. The van der Waals surface area contributed by atoms with Gasteiger partial charge in [-0.15, -0.1) is 11.8 Å². The Bertz CT molecular complexity index is 365. The number of benzene rings is 1. The van der Waals surface area contributed by atoms with Gasteiger partial charge in [-0.2, -0.15) is 5.26 Å². The molecule has 0 aliphatic heterocycles. The number of nitriles is 1. The zero-order valence-electron chi connectivity index (χ0n) is 10.2. The van der Waals surface area contributed by atoms with Crippen molar-refractivity contribution in [3.05, 3.63) is 29.8 Å². The molecule has 1 rings (SSSR count). The second-order valence-electron chi connectivity index (χ2n) is 4.22. The van der Waals surface area contributed by atoms with Gasteiger partial charge in [-0.3, -0.25) is 0 Å². The molecule has 1 unspecified atom stereocenters. The second-order valence-corrected chi connectivity index (χ2v) is 5.56. The van der Waals surface area contributed by atoms with Crippen molar-refractivity contribution >= 4 is 11.8 Å². The van der Waals surface area contributed by atoms with Crippen LogP contribution in [0.2, 0.25) is 0 Å². The highest BCUT2D eigenvalue weighted by Crippen LogP contribution is 2.30. The monoisotopic (exact) mass is 233 g/mol. The molecule has 0 amide bonds. The van der Waals surface area contributed by atoms with Crippen molar-refractivity contribution in [2.75, 3.05) is 5.75 Å². The summed E-state index contributed by atoms with van der Waals surface area (Å²) >= 11 is 1.85. The van der Waals surface area contributed by atoms with Gasteiger partial charge >= 0.3 is 0 Å². The lowest BCUT2D eigenvalue weighted by Crippen LogP contribution is -2.05. The summed E-state index contributed by atoms with van der Waals surface area (Å²) in [5.41, 5.74) is 1.30. The van der Waals surface area contributed by atoms with E-state index in [0.717, 1.165) is 5.75 Å². The molecule has 0 aliphatic carbocycles. The van der Waals surface area contributed by atoms with Crippen molar-refractivity contribution in [1.29, 1.82) is 5.26 Å². The van der Waals surface area contributed by atoms with E-state index in [9.17, 15) is 0 Å². The molecule has 1 aromatic carbocycles. The van der Waals surface area contributed by atoms with Crippen molar-refractivity contribution in [2.45, 2.75) is 38.0 Å². The minimum absolute atomic E-state index is 0.363. The van der Waals surface area contributed by atoms with Crippen LogP contribution in [0.5, 0.6) is 0 Å². The molecule has 2 heteroatoms. The van der Waals surface area contributed by atoms with Gasteiger partial charge in [0.25, 0.3) is 0 Å². The van der Waals surface area contributed by atoms with Gasteiger partial charge in [0.1, 0.15) is 0 Å². The Morgan fingerprint density at radius 3 is 2.69 bits per heavy atom. The molecular weight excluding hydrogens is 214 g/mol. The quantitative estimate of drug-likeness (QED) is 0.701. The minimum Gasteiger partial charge on any atom is -0.198 e. The predicted molar refractivity (Wildman–Crippen MR) is 70.6 cm³/mol. The summed E-state index contributed by atoms with van der Waals surface area (Å²) < 4.78 is 0. The average Bonchev–Trinajstić information content (AvgIpc) is 2.26. The zero-order valence-corrected chi connectivity index (χ0v) is 11.1. The maximum absolute atomic E-state index is 8.86. The minimum atomic E-state index is 0.363. The summed E-state index contributed by atoms with van der Waals surface area (Å²) in [5.74, 6) is 1.97. The highest BCUT2D eigenvalue weighted by atomic mass is 32.2. The lowest BCUT2D eigenvalue weighted by Gasteiger charge is -2.18. The third-order valence-corrected chi connectivity index (χ3v) is 3.59. The largest absolute Gasteiger partial charge is 0.198 e. The molecule has 0 N–H and O–H groups in total. The zero-order chi connectivity index (χ0) is 12.0. The summed E-state index contributed by atoms with van der Waals surface area (Å²) in [7, 11) is 0. The average molecular weight is 233 g/mol. The van der Waals surface area contributed by atoms with E-state index in [1.807, 2.05) is 11.8 Å². The number of thioether (sulfide) groups is 1. The normalized spacial score (nSPS) is 12.4. The van der Waals surface area contributed by atoms with Crippen LogP contribution in [0.4, 0.5) is 0 Å². The summed E-state index contributed by atoms with van der Waals surface area (Å²) in [6.07, 6.45) is 0.609. The van der Waals surface area contributed by atoms with E-state index < -0.39 is 0 Å². The SMILES string of the molecule is CCSc1cccc(C(CC#N)C(C)C)c1. The van der Waals surface area contributed by atoms with Crippen LogP contribution in [0.25, 0.3) is 0 Å². The number of hydrogen-bond acceptors (Lipinski definition) is 2. The predicted octanol–water partition coefficient (Wildman–Crippen LogP) is 4.45. The van der Waals surface area contributed by atoms with Crippen LogP contribution in [0, 0.1) is 17.2 Å². The van der Waals surface area contributed by atoms with E-state index >= 15 is 0 Å². The van der Waals surface area contributed by atoms with Crippen molar-refractivity contribution in [3.63, 3.8) is 0 Å². The lowest BCUT2D eigenvalue weighted by molar-refractivity contribution is 0.505. The molecule has 0 radical (unpaired) electrons. The first kappa shape index (κ1) is 13.1. The fourth-order valence-electron chi connectivity index (χ4n) is 1.84. The Kier molecular flexibility index (Phi) is 5.42.